The summed E-state index contributed by atoms with van der Waals surface area (Å²) in [5, 5.41) is 6.02. The lowest BCUT2D eigenvalue weighted by Gasteiger charge is -2.22. The van der Waals surface area contributed by atoms with Crippen molar-refractivity contribution in [3.8, 4) is 5.75 Å². The van der Waals surface area contributed by atoms with Crippen molar-refractivity contribution < 1.29 is 17.9 Å². The predicted molar refractivity (Wildman–Crippen MR) is 103 cm³/mol. The number of benzene rings is 1. The van der Waals surface area contributed by atoms with Crippen molar-refractivity contribution in [3.63, 3.8) is 0 Å². The summed E-state index contributed by atoms with van der Waals surface area (Å²) in [4.78, 5) is 11.9. The summed E-state index contributed by atoms with van der Waals surface area (Å²) in [7, 11) is -3.74. The van der Waals surface area contributed by atoms with E-state index in [0.717, 1.165) is 32.4 Å². The Bertz CT molecular complexity index is 668. The van der Waals surface area contributed by atoms with E-state index in [9.17, 15) is 13.2 Å². The van der Waals surface area contributed by atoms with E-state index in [-0.39, 0.29) is 6.10 Å². The zero-order valence-corrected chi connectivity index (χ0v) is 16.3. The van der Waals surface area contributed by atoms with E-state index in [1.807, 2.05) is 13.8 Å². The van der Waals surface area contributed by atoms with Crippen LogP contribution < -0.4 is 20.1 Å². The Balaban J connectivity index is 1.75. The lowest BCUT2D eigenvalue weighted by Crippen LogP contribution is -2.36. The Hall–Kier alpha value is -1.80. The van der Waals surface area contributed by atoms with Crippen molar-refractivity contribution in [1.29, 1.82) is 0 Å². The summed E-state index contributed by atoms with van der Waals surface area (Å²) >= 11 is 0. The van der Waals surface area contributed by atoms with Gasteiger partial charge in [0.05, 0.1) is 6.10 Å². The van der Waals surface area contributed by atoms with E-state index in [0.29, 0.717) is 23.9 Å². The molecule has 3 N–H and O–H groups in total. The van der Waals surface area contributed by atoms with Crippen LogP contribution in [0.25, 0.3) is 0 Å². The van der Waals surface area contributed by atoms with Gasteiger partial charge in [0, 0.05) is 12.2 Å². The number of hydrogen-bond acceptors (Lipinski definition) is 5. The average Bonchev–Trinajstić information content (AvgIpc) is 2.56. The van der Waals surface area contributed by atoms with Gasteiger partial charge in [0.25, 0.3) is 0 Å². The van der Waals surface area contributed by atoms with Crippen LogP contribution in [0.3, 0.4) is 0 Å². The topological polar surface area (TPSA) is 96.5 Å². The number of hydrogen-bond donors (Lipinski definition) is 3. The number of piperidine rings is 1. The minimum Gasteiger partial charge on any atom is -0.491 e. The number of carbonyl (C=O) groups excluding carboxylic acids is 1. The normalized spacial score (nSPS) is 17.7. The molecule has 1 amide bonds. The van der Waals surface area contributed by atoms with Crippen LogP contribution in [0.2, 0.25) is 0 Å². The van der Waals surface area contributed by atoms with Crippen LogP contribution in [0.4, 0.5) is 5.69 Å². The summed E-state index contributed by atoms with van der Waals surface area (Å²) in [5.74, 6) is 0.143. The number of anilines is 1. The van der Waals surface area contributed by atoms with Crippen molar-refractivity contribution in [3.05, 3.63) is 24.3 Å². The fourth-order valence-electron chi connectivity index (χ4n) is 2.90. The molecule has 1 fully saturated rings. The number of rotatable bonds is 9. The largest absolute Gasteiger partial charge is 0.491 e. The van der Waals surface area contributed by atoms with Crippen molar-refractivity contribution in [2.45, 2.75) is 39.2 Å². The third-order valence-electron chi connectivity index (χ3n) is 4.09. The molecule has 1 aliphatic heterocycles. The molecule has 0 radical (unpaired) electrons. The van der Waals surface area contributed by atoms with Gasteiger partial charge < -0.3 is 15.4 Å². The van der Waals surface area contributed by atoms with Crippen molar-refractivity contribution in [1.82, 2.24) is 10.6 Å². The highest BCUT2D eigenvalue weighted by Gasteiger charge is 2.17. The third-order valence-corrected chi connectivity index (χ3v) is 5.28. The van der Waals surface area contributed by atoms with E-state index < -0.39 is 21.7 Å². The zero-order chi connectivity index (χ0) is 19.0. The van der Waals surface area contributed by atoms with Gasteiger partial charge in [0.1, 0.15) is 11.5 Å². The molecule has 1 aromatic rings. The SMILES string of the molecule is CC(C)Oc1ccc(NS(=O)(=O)CC(=O)NCCC2CCCNC2)cc1. The summed E-state index contributed by atoms with van der Waals surface area (Å²) < 4.78 is 32.2. The standard InChI is InChI=1S/C18H29N3O4S/c1-14(2)25-17-7-5-16(6-8-17)21-26(23,24)13-18(22)20-11-9-15-4-3-10-19-12-15/h5-8,14-15,19,21H,3-4,9-13H2,1-2H3,(H,20,22). The van der Waals surface area contributed by atoms with Crippen LogP contribution in [0, 0.1) is 5.92 Å². The Morgan fingerprint density at radius 2 is 2.04 bits per heavy atom. The zero-order valence-electron chi connectivity index (χ0n) is 15.5. The van der Waals surface area contributed by atoms with Crippen LogP contribution in [-0.4, -0.2) is 45.8 Å². The first-order valence-electron chi connectivity index (χ1n) is 9.09. The van der Waals surface area contributed by atoms with Crippen LogP contribution in [0.1, 0.15) is 33.1 Å². The monoisotopic (exact) mass is 383 g/mol. The van der Waals surface area contributed by atoms with E-state index in [2.05, 4.69) is 15.4 Å². The van der Waals surface area contributed by atoms with Gasteiger partial charge in [-0.3, -0.25) is 9.52 Å². The molecular weight excluding hydrogens is 354 g/mol. The second kappa shape index (κ2) is 9.78. The molecule has 2 rings (SSSR count). The van der Waals surface area contributed by atoms with Gasteiger partial charge in [-0.15, -0.1) is 0 Å². The number of carbonyl (C=O) groups is 1. The molecule has 0 aliphatic carbocycles. The van der Waals surface area contributed by atoms with E-state index in [1.54, 1.807) is 24.3 Å². The second-order valence-corrected chi connectivity index (χ2v) is 8.63. The molecule has 0 spiro atoms. The average molecular weight is 384 g/mol. The van der Waals surface area contributed by atoms with Gasteiger partial charge in [-0.05, 0) is 76.4 Å². The molecule has 7 nitrogen and oxygen atoms in total. The highest BCUT2D eigenvalue weighted by molar-refractivity contribution is 7.93. The number of sulfonamides is 1. The molecule has 0 bridgehead atoms. The summed E-state index contributed by atoms with van der Waals surface area (Å²) in [6.07, 6.45) is 3.21. The minimum atomic E-state index is -3.74. The van der Waals surface area contributed by atoms with Gasteiger partial charge >= 0.3 is 0 Å². The molecule has 1 atom stereocenters. The van der Waals surface area contributed by atoms with Gasteiger partial charge in [-0.25, -0.2) is 8.42 Å². The number of ether oxygens (including phenoxy) is 1. The number of amides is 1. The minimum absolute atomic E-state index is 0.0469. The molecule has 26 heavy (non-hydrogen) atoms. The quantitative estimate of drug-likeness (QED) is 0.603. The highest BCUT2D eigenvalue weighted by Crippen LogP contribution is 2.18. The molecule has 0 aromatic heterocycles. The first-order valence-corrected chi connectivity index (χ1v) is 10.7. The molecule has 1 aliphatic rings. The van der Waals surface area contributed by atoms with E-state index >= 15 is 0 Å². The van der Waals surface area contributed by atoms with Gasteiger partial charge in [-0.2, -0.15) is 0 Å². The van der Waals surface area contributed by atoms with Crippen LogP contribution in [0.5, 0.6) is 5.75 Å². The molecular formula is C18H29N3O4S. The first kappa shape index (κ1) is 20.5. The second-order valence-electron chi connectivity index (χ2n) is 6.90. The van der Waals surface area contributed by atoms with Crippen molar-refractivity contribution >= 4 is 21.6 Å². The molecule has 0 saturated carbocycles. The van der Waals surface area contributed by atoms with Crippen molar-refractivity contribution in [2.75, 3.05) is 30.1 Å². The molecule has 1 unspecified atom stereocenters. The Labute approximate surface area is 155 Å². The van der Waals surface area contributed by atoms with Gasteiger partial charge in [0.2, 0.25) is 15.9 Å². The summed E-state index contributed by atoms with van der Waals surface area (Å²) in [6.45, 7) is 6.35. The lowest BCUT2D eigenvalue weighted by atomic mass is 9.96. The maximum Gasteiger partial charge on any atom is 0.241 e. The molecule has 1 saturated heterocycles. The Kier molecular flexibility index (Phi) is 7.71. The summed E-state index contributed by atoms with van der Waals surface area (Å²) in [5.41, 5.74) is 0.405. The Morgan fingerprint density at radius 1 is 1.31 bits per heavy atom. The maximum absolute atomic E-state index is 12.1. The van der Waals surface area contributed by atoms with E-state index in [1.165, 1.54) is 0 Å². The van der Waals surface area contributed by atoms with E-state index in [4.69, 9.17) is 4.74 Å². The Morgan fingerprint density at radius 3 is 2.65 bits per heavy atom. The molecule has 1 aromatic carbocycles. The van der Waals surface area contributed by atoms with Crippen LogP contribution in [-0.2, 0) is 14.8 Å². The van der Waals surface area contributed by atoms with Crippen LogP contribution >= 0.6 is 0 Å². The number of nitrogens with one attached hydrogen (secondary N) is 3. The first-order chi connectivity index (χ1) is 12.3. The fraction of sp³-hybridized carbons (Fsp3) is 0.611. The molecule has 1 heterocycles. The predicted octanol–water partition coefficient (Wildman–Crippen LogP) is 1.72. The molecule has 146 valence electrons. The smallest absolute Gasteiger partial charge is 0.241 e. The fourth-order valence-corrected chi connectivity index (χ4v) is 3.91. The molecule has 8 heteroatoms. The van der Waals surface area contributed by atoms with Crippen molar-refractivity contribution in [2.24, 2.45) is 5.92 Å². The third kappa shape index (κ3) is 7.61. The van der Waals surface area contributed by atoms with Gasteiger partial charge in [-0.1, -0.05) is 0 Å². The maximum atomic E-state index is 12.1. The van der Waals surface area contributed by atoms with Gasteiger partial charge in [0.15, 0.2) is 0 Å². The highest BCUT2D eigenvalue weighted by atomic mass is 32.2. The lowest BCUT2D eigenvalue weighted by molar-refractivity contribution is -0.118. The summed E-state index contributed by atoms with van der Waals surface area (Å²) in [6, 6.07) is 6.61. The van der Waals surface area contributed by atoms with Crippen LogP contribution in [0.15, 0.2) is 24.3 Å².